The quantitative estimate of drug-likeness (QED) is 0.577. The maximum atomic E-state index is 12.9. The van der Waals surface area contributed by atoms with E-state index in [2.05, 4.69) is 5.32 Å². The van der Waals surface area contributed by atoms with Gasteiger partial charge in [0.15, 0.2) is 0 Å². The summed E-state index contributed by atoms with van der Waals surface area (Å²) in [6.07, 6.45) is 0. The number of nitro groups is 1. The van der Waals surface area contributed by atoms with Crippen LogP contribution in [0.4, 0.5) is 10.1 Å². The molecular weight excluding hydrogens is 377 g/mol. The van der Waals surface area contributed by atoms with Crippen molar-refractivity contribution in [3.63, 3.8) is 0 Å². The fraction of sp³-hybridized carbons (Fsp3) is 0.222. The molecule has 0 bridgehead atoms. The standard InChI is InChI=1S/C18H17ClFN3O4/c1-2-22(11-17(24)21-10-12-3-5-13(20)6-4-12)18(25)15-8-7-14(23(26)27)9-16(15)19/h3-9H,2,10-11H2,1H3,(H,21,24). The van der Waals surface area contributed by atoms with Crippen molar-refractivity contribution in [2.45, 2.75) is 13.5 Å². The zero-order chi connectivity index (χ0) is 20.0. The molecule has 1 N–H and O–H groups in total. The number of nitrogens with one attached hydrogen (secondary N) is 1. The van der Waals surface area contributed by atoms with E-state index in [-0.39, 0.29) is 41.7 Å². The van der Waals surface area contributed by atoms with Crippen LogP contribution in [0.15, 0.2) is 42.5 Å². The predicted molar refractivity (Wildman–Crippen MR) is 97.9 cm³/mol. The first-order valence-corrected chi connectivity index (χ1v) is 8.44. The lowest BCUT2D eigenvalue weighted by molar-refractivity contribution is -0.384. The van der Waals surface area contributed by atoms with E-state index in [0.29, 0.717) is 0 Å². The van der Waals surface area contributed by atoms with Gasteiger partial charge in [0.2, 0.25) is 5.91 Å². The Morgan fingerprint density at radius 2 is 1.89 bits per heavy atom. The molecule has 0 aliphatic heterocycles. The van der Waals surface area contributed by atoms with Gasteiger partial charge in [-0.15, -0.1) is 0 Å². The van der Waals surface area contributed by atoms with Gasteiger partial charge in [-0.25, -0.2) is 4.39 Å². The molecule has 9 heteroatoms. The molecule has 0 aliphatic rings. The Morgan fingerprint density at radius 1 is 1.22 bits per heavy atom. The Kier molecular flexibility index (Phi) is 6.84. The van der Waals surface area contributed by atoms with E-state index in [0.717, 1.165) is 11.6 Å². The molecule has 0 spiro atoms. The first-order chi connectivity index (χ1) is 12.8. The van der Waals surface area contributed by atoms with Crippen molar-refractivity contribution >= 4 is 29.1 Å². The summed E-state index contributed by atoms with van der Waals surface area (Å²) in [7, 11) is 0. The number of likely N-dealkylation sites (N-methyl/N-ethyl adjacent to an activating group) is 1. The molecule has 0 saturated heterocycles. The Labute approximate surface area is 159 Å². The predicted octanol–water partition coefficient (Wildman–Crippen LogP) is 3.17. The van der Waals surface area contributed by atoms with Crippen LogP contribution in [0.25, 0.3) is 0 Å². The van der Waals surface area contributed by atoms with Crippen molar-refractivity contribution in [1.82, 2.24) is 10.2 Å². The van der Waals surface area contributed by atoms with Gasteiger partial charge in [0.1, 0.15) is 5.82 Å². The molecule has 0 atom stereocenters. The highest BCUT2D eigenvalue weighted by molar-refractivity contribution is 6.34. The molecular formula is C18H17ClFN3O4. The van der Waals surface area contributed by atoms with Crippen molar-refractivity contribution in [2.75, 3.05) is 13.1 Å². The Morgan fingerprint density at radius 3 is 2.44 bits per heavy atom. The fourth-order valence-corrected chi connectivity index (χ4v) is 2.58. The molecule has 142 valence electrons. The second kappa shape index (κ2) is 9.09. The van der Waals surface area contributed by atoms with E-state index in [1.807, 2.05) is 0 Å². The van der Waals surface area contributed by atoms with Crippen LogP contribution >= 0.6 is 11.6 Å². The van der Waals surface area contributed by atoms with Gasteiger partial charge < -0.3 is 10.2 Å². The first-order valence-electron chi connectivity index (χ1n) is 8.06. The van der Waals surface area contributed by atoms with Gasteiger partial charge in [-0.2, -0.15) is 0 Å². The fourth-order valence-electron chi connectivity index (χ4n) is 2.32. The van der Waals surface area contributed by atoms with Gasteiger partial charge in [-0.1, -0.05) is 23.7 Å². The third kappa shape index (κ3) is 5.49. The van der Waals surface area contributed by atoms with Crippen LogP contribution in [0.3, 0.4) is 0 Å². The smallest absolute Gasteiger partial charge is 0.270 e. The molecule has 2 rings (SSSR count). The summed E-state index contributed by atoms with van der Waals surface area (Å²) in [5.41, 5.74) is 0.574. The Bertz CT molecular complexity index is 858. The normalized spacial score (nSPS) is 10.3. The minimum Gasteiger partial charge on any atom is -0.350 e. The van der Waals surface area contributed by atoms with E-state index in [1.54, 1.807) is 19.1 Å². The number of carbonyl (C=O) groups is 2. The van der Waals surface area contributed by atoms with Gasteiger partial charge in [0, 0.05) is 25.2 Å². The first kappa shape index (κ1) is 20.3. The number of nitro benzene ring substituents is 1. The number of non-ortho nitro benzene ring substituents is 1. The van der Waals surface area contributed by atoms with Crippen LogP contribution < -0.4 is 5.32 Å². The monoisotopic (exact) mass is 393 g/mol. The molecule has 0 unspecified atom stereocenters. The number of nitrogens with zero attached hydrogens (tertiary/aromatic N) is 2. The minimum absolute atomic E-state index is 0.0561. The van der Waals surface area contributed by atoms with Crippen LogP contribution in [0.2, 0.25) is 5.02 Å². The average molecular weight is 394 g/mol. The highest BCUT2D eigenvalue weighted by atomic mass is 35.5. The second-order valence-electron chi connectivity index (χ2n) is 5.64. The highest BCUT2D eigenvalue weighted by Crippen LogP contribution is 2.23. The number of hydrogen-bond acceptors (Lipinski definition) is 4. The van der Waals surface area contributed by atoms with E-state index in [1.165, 1.54) is 29.2 Å². The van der Waals surface area contributed by atoms with Crippen molar-refractivity contribution in [2.24, 2.45) is 0 Å². The molecule has 2 aromatic rings. The summed E-state index contributed by atoms with van der Waals surface area (Å²) in [4.78, 5) is 36.1. The molecule has 0 aromatic heterocycles. The third-order valence-corrected chi connectivity index (χ3v) is 4.11. The summed E-state index contributed by atoms with van der Waals surface area (Å²) >= 11 is 5.98. The van der Waals surface area contributed by atoms with Gasteiger partial charge in [-0.3, -0.25) is 19.7 Å². The minimum atomic E-state index is -0.610. The molecule has 0 heterocycles. The van der Waals surface area contributed by atoms with Crippen molar-refractivity contribution in [1.29, 1.82) is 0 Å². The van der Waals surface area contributed by atoms with Gasteiger partial charge in [-0.05, 0) is 30.7 Å². The lowest BCUT2D eigenvalue weighted by Gasteiger charge is -2.21. The molecule has 0 saturated carbocycles. The lowest BCUT2D eigenvalue weighted by Crippen LogP contribution is -2.40. The SMILES string of the molecule is CCN(CC(=O)NCc1ccc(F)cc1)C(=O)c1ccc([N+](=O)[O-])cc1Cl. The van der Waals surface area contributed by atoms with Crippen LogP contribution in [0.1, 0.15) is 22.8 Å². The summed E-state index contributed by atoms with van der Waals surface area (Å²) < 4.78 is 12.9. The number of hydrogen-bond donors (Lipinski definition) is 1. The van der Waals surface area contributed by atoms with Gasteiger partial charge in [0.25, 0.3) is 11.6 Å². The van der Waals surface area contributed by atoms with E-state index < -0.39 is 16.7 Å². The van der Waals surface area contributed by atoms with E-state index in [9.17, 15) is 24.1 Å². The molecule has 0 aliphatic carbocycles. The molecule has 0 radical (unpaired) electrons. The van der Waals surface area contributed by atoms with Crippen molar-refractivity contribution < 1.29 is 18.9 Å². The van der Waals surface area contributed by atoms with Crippen LogP contribution in [-0.2, 0) is 11.3 Å². The molecule has 0 fully saturated rings. The maximum absolute atomic E-state index is 12.9. The average Bonchev–Trinajstić information content (AvgIpc) is 2.65. The maximum Gasteiger partial charge on any atom is 0.270 e. The number of halogens is 2. The molecule has 7 nitrogen and oxygen atoms in total. The Balaban J connectivity index is 2.00. The van der Waals surface area contributed by atoms with E-state index >= 15 is 0 Å². The van der Waals surface area contributed by atoms with Crippen LogP contribution in [0, 0.1) is 15.9 Å². The van der Waals surface area contributed by atoms with Crippen LogP contribution in [-0.4, -0.2) is 34.7 Å². The summed E-state index contributed by atoms with van der Waals surface area (Å²) in [6, 6.07) is 9.23. The number of rotatable bonds is 7. The summed E-state index contributed by atoms with van der Waals surface area (Å²) in [6.45, 7) is 1.94. The highest BCUT2D eigenvalue weighted by Gasteiger charge is 2.21. The van der Waals surface area contributed by atoms with Crippen molar-refractivity contribution in [3.05, 3.63) is 74.5 Å². The zero-order valence-electron chi connectivity index (χ0n) is 14.4. The number of amides is 2. The van der Waals surface area contributed by atoms with Gasteiger partial charge in [0.05, 0.1) is 22.1 Å². The zero-order valence-corrected chi connectivity index (χ0v) is 15.2. The Hall–Kier alpha value is -3.00. The molecule has 2 aromatic carbocycles. The number of benzene rings is 2. The van der Waals surface area contributed by atoms with Crippen molar-refractivity contribution in [3.8, 4) is 0 Å². The van der Waals surface area contributed by atoms with E-state index in [4.69, 9.17) is 11.6 Å². The third-order valence-electron chi connectivity index (χ3n) is 3.80. The molecule has 2 amide bonds. The second-order valence-corrected chi connectivity index (χ2v) is 6.05. The lowest BCUT2D eigenvalue weighted by atomic mass is 10.1. The molecule has 27 heavy (non-hydrogen) atoms. The summed E-state index contributed by atoms with van der Waals surface area (Å²) in [5.74, 6) is -1.27. The van der Waals surface area contributed by atoms with Crippen LogP contribution in [0.5, 0.6) is 0 Å². The van der Waals surface area contributed by atoms with Gasteiger partial charge >= 0.3 is 0 Å². The summed E-state index contributed by atoms with van der Waals surface area (Å²) in [5, 5.41) is 13.3. The number of carbonyl (C=O) groups excluding carboxylic acids is 2. The topological polar surface area (TPSA) is 92.6 Å². The largest absolute Gasteiger partial charge is 0.350 e.